The zero-order chi connectivity index (χ0) is 13.5. The van der Waals surface area contributed by atoms with E-state index in [-0.39, 0.29) is 0 Å². The van der Waals surface area contributed by atoms with Crippen LogP contribution in [0.4, 0.5) is 0 Å². The Morgan fingerprint density at radius 2 is 2.21 bits per heavy atom. The minimum atomic E-state index is 0.850. The average Bonchev–Trinajstić information content (AvgIpc) is 2.79. The summed E-state index contributed by atoms with van der Waals surface area (Å²) in [6.45, 7) is 8.80. The molecule has 0 aliphatic heterocycles. The highest BCUT2D eigenvalue weighted by Gasteiger charge is 2.08. The lowest BCUT2D eigenvalue weighted by molar-refractivity contribution is 0.581. The van der Waals surface area contributed by atoms with Gasteiger partial charge >= 0.3 is 0 Å². The van der Waals surface area contributed by atoms with Gasteiger partial charge in [-0.05, 0) is 31.9 Å². The van der Waals surface area contributed by atoms with Gasteiger partial charge in [-0.2, -0.15) is 5.10 Å². The summed E-state index contributed by atoms with van der Waals surface area (Å²) in [6.07, 6.45) is 5.25. The van der Waals surface area contributed by atoms with Gasteiger partial charge in [-0.15, -0.1) is 6.58 Å². The maximum Gasteiger partial charge on any atom is 0.0841 e. The van der Waals surface area contributed by atoms with Crippen LogP contribution < -0.4 is 5.32 Å². The van der Waals surface area contributed by atoms with Crippen molar-refractivity contribution in [1.29, 1.82) is 0 Å². The van der Waals surface area contributed by atoms with Crippen LogP contribution in [0.3, 0.4) is 0 Å². The SMILES string of the molecule is C=CCCCn1nc(CNCCC)c2ccccc21. The molecule has 0 unspecified atom stereocenters. The van der Waals surface area contributed by atoms with E-state index in [4.69, 9.17) is 5.10 Å². The number of unbranched alkanes of at least 4 members (excludes halogenated alkanes) is 1. The number of benzene rings is 1. The number of nitrogens with one attached hydrogen (secondary N) is 1. The summed E-state index contributed by atoms with van der Waals surface area (Å²) >= 11 is 0. The number of aryl methyl sites for hydroxylation is 1. The van der Waals surface area contributed by atoms with Crippen LogP contribution >= 0.6 is 0 Å². The summed E-state index contributed by atoms with van der Waals surface area (Å²) in [5.41, 5.74) is 2.39. The van der Waals surface area contributed by atoms with Gasteiger partial charge in [0.25, 0.3) is 0 Å². The molecule has 0 aliphatic rings. The lowest BCUT2D eigenvalue weighted by Gasteiger charge is -2.01. The van der Waals surface area contributed by atoms with E-state index in [1.54, 1.807) is 0 Å². The molecule has 3 nitrogen and oxygen atoms in total. The third kappa shape index (κ3) is 3.44. The maximum absolute atomic E-state index is 4.75. The fraction of sp³-hybridized carbons (Fsp3) is 0.438. The van der Waals surface area contributed by atoms with Crippen molar-refractivity contribution in [3.63, 3.8) is 0 Å². The Balaban J connectivity index is 2.18. The van der Waals surface area contributed by atoms with Crippen molar-refractivity contribution >= 4 is 10.9 Å². The van der Waals surface area contributed by atoms with E-state index in [1.807, 2.05) is 6.08 Å². The van der Waals surface area contributed by atoms with E-state index in [0.29, 0.717) is 0 Å². The van der Waals surface area contributed by atoms with Gasteiger partial charge in [0.2, 0.25) is 0 Å². The Hall–Kier alpha value is -1.61. The highest BCUT2D eigenvalue weighted by Crippen LogP contribution is 2.18. The molecule has 0 bridgehead atoms. The van der Waals surface area contributed by atoms with Gasteiger partial charge in [0.05, 0.1) is 11.2 Å². The van der Waals surface area contributed by atoms with E-state index in [1.165, 1.54) is 10.9 Å². The Morgan fingerprint density at radius 3 is 3.00 bits per heavy atom. The molecule has 3 heteroatoms. The van der Waals surface area contributed by atoms with E-state index in [9.17, 15) is 0 Å². The number of hydrogen-bond donors (Lipinski definition) is 1. The maximum atomic E-state index is 4.75. The van der Waals surface area contributed by atoms with Crippen LogP contribution in [0.2, 0.25) is 0 Å². The molecule has 0 saturated heterocycles. The first-order chi connectivity index (χ1) is 9.36. The molecule has 0 spiro atoms. The molecule has 0 atom stereocenters. The van der Waals surface area contributed by atoms with Crippen LogP contribution in [0.25, 0.3) is 10.9 Å². The Kier molecular flexibility index (Phi) is 5.16. The van der Waals surface area contributed by atoms with Crippen molar-refractivity contribution in [1.82, 2.24) is 15.1 Å². The van der Waals surface area contributed by atoms with Gasteiger partial charge in [0, 0.05) is 18.5 Å². The van der Waals surface area contributed by atoms with Gasteiger partial charge in [-0.1, -0.05) is 31.2 Å². The molecule has 0 saturated carbocycles. The number of aromatic nitrogens is 2. The lowest BCUT2D eigenvalue weighted by atomic mass is 10.2. The van der Waals surface area contributed by atoms with E-state index in [2.05, 4.69) is 47.8 Å². The summed E-state index contributed by atoms with van der Waals surface area (Å²) in [5.74, 6) is 0. The van der Waals surface area contributed by atoms with Crippen molar-refractivity contribution < 1.29 is 0 Å². The topological polar surface area (TPSA) is 29.9 Å². The standard InChI is InChI=1S/C16H23N3/c1-3-5-8-12-19-16-10-7-6-9-14(16)15(18-19)13-17-11-4-2/h3,6-7,9-10,17H,1,4-5,8,11-13H2,2H3. The first-order valence-electron chi connectivity index (χ1n) is 7.13. The predicted octanol–water partition coefficient (Wildman–Crippen LogP) is 3.50. The molecule has 1 aromatic heterocycles. The molecule has 1 heterocycles. The Bertz CT molecular complexity index is 528. The molecular formula is C16H23N3. The summed E-state index contributed by atoms with van der Waals surface area (Å²) in [4.78, 5) is 0. The summed E-state index contributed by atoms with van der Waals surface area (Å²) in [6, 6.07) is 8.48. The smallest absolute Gasteiger partial charge is 0.0841 e. The fourth-order valence-corrected chi connectivity index (χ4v) is 2.27. The van der Waals surface area contributed by atoms with Crippen molar-refractivity contribution in [2.75, 3.05) is 6.54 Å². The fourth-order valence-electron chi connectivity index (χ4n) is 2.27. The second-order valence-electron chi connectivity index (χ2n) is 4.79. The number of allylic oxidation sites excluding steroid dienone is 1. The Labute approximate surface area is 115 Å². The molecular weight excluding hydrogens is 234 g/mol. The third-order valence-electron chi connectivity index (χ3n) is 3.23. The quantitative estimate of drug-likeness (QED) is 0.579. The van der Waals surface area contributed by atoms with E-state index in [0.717, 1.165) is 44.6 Å². The molecule has 19 heavy (non-hydrogen) atoms. The first-order valence-corrected chi connectivity index (χ1v) is 7.13. The highest BCUT2D eigenvalue weighted by molar-refractivity contribution is 5.81. The van der Waals surface area contributed by atoms with E-state index >= 15 is 0 Å². The number of fused-ring (bicyclic) bond motifs is 1. The van der Waals surface area contributed by atoms with E-state index < -0.39 is 0 Å². The van der Waals surface area contributed by atoms with Crippen LogP contribution in [0.15, 0.2) is 36.9 Å². The van der Waals surface area contributed by atoms with Crippen molar-refractivity contribution in [2.24, 2.45) is 0 Å². The third-order valence-corrected chi connectivity index (χ3v) is 3.23. The lowest BCUT2D eigenvalue weighted by Crippen LogP contribution is -2.14. The second-order valence-corrected chi connectivity index (χ2v) is 4.79. The van der Waals surface area contributed by atoms with Gasteiger partial charge in [0.15, 0.2) is 0 Å². The first kappa shape index (κ1) is 13.8. The van der Waals surface area contributed by atoms with Crippen LogP contribution in [0, 0.1) is 0 Å². The highest BCUT2D eigenvalue weighted by atomic mass is 15.3. The second kappa shape index (κ2) is 7.10. The number of para-hydroxylation sites is 1. The van der Waals surface area contributed by atoms with Crippen molar-refractivity contribution in [3.05, 3.63) is 42.6 Å². The molecule has 1 aromatic carbocycles. The molecule has 102 valence electrons. The minimum Gasteiger partial charge on any atom is -0.311 e. The van der Waals surface area contributed by atoms with Gasteiger partial charge in [-0.25, -0.2) is 0 Å². The van der Waals surface area contributed by atoms with Crippen molar-refractivity contribution in [3.8, 4) is 0 Å². The number of rotatable bonds is 8. The van der Waals surface area contributed by atoms with Gasteiger partial charge in [0.1, 0.15) is 0 Å². The predicted molar refractivity (Wildman–Crippen MR) is 81.2 cm³/mol. The molecule has 2 aromatic rings. The molecule has 0 fully saturated rings. The average molecular weight is 257 g/mol. The zero-order valence-electron chi connectivity index (χ0n) is 11.7. The largest absolute Gasteiger partial charge is 0.311 e. The molecule has 2 rings (SSSR count). The van der Waals surface area contributed by atoms with Crippen LogP contribution in [-0.2, 0) is 13.1 Å². The molecule has 0 amide bonds. The van der Waals surface area contributed by atoms with Crippen LogP contribution in [0.5, 0.6) is 0 Å². The van der Waals surface area contributed by atoms with Gasteiger partial charge < -0.3 is 5.32 Å². The zero-order valence-corrected chi connectivity index (χ0v) is 11.7. The number of hydrogen-bond acceptors (Lipinski definition) is 2. The minimum absolute atomic E-state index is 0.850. The normalized spacial score (nSPS) is 11.0. The molecule has 1 N–H and O–H groups in total. The van der Waals surface area contributed by atoms with Crippen molar-refractivity contribution in [2.45, 2.75) is 39.3 Å². The number of nitrogens with zero attached hydrogens (tertiary/aromatic N) is 2. The van der Waals surface area contributed by atoms with Crippen LogP contribution in [-0.4, -0.2) is 16.3 Å². The monoisotopic (exact) mass is 257 g/mol. The summed E-state index contributed by atoms with van der Waals surface area (Å²) in [7, 11) is 0. The molecule has 0 aliphatic carbocycles. The van der Waals surface area contributed by atoms with Gasteiger partial charge in [-0.3, -0.25) is 4.68 Å². The summed E-state index contributed by atoms with van der Waals surface area (Å²) in [5, 5.41) is 9.45. The van der Waals surface area contributed by atoms with Crippen LogP contribution in [0.1, 0.15) is 31.9 Å². The summed E-state index contributed by atoms with van der Waals surface area (Å²) < 4.78 is 2.13. The Morgan fingerprint density at radius 1 is 1.37 bits per heavy atom. The molecule has 0 radical (unpaired) electrons.